The molecule has 1 amide bonds. The molecule has 0 heterocycles. The predicted octanol–water partition coefficient (Wildman–Crippen LogP) is 1.99. The van der Waals surface area contributed by atoms with Crippen molar-refractivity contribution < 1.29 is 4.79 Å². The van der Waals surface area contributed by atoms with Crippen LogP contribution in [0.1, 0.15) is 32.3 Å². The summed E-state index contributed by atoms with van der Waals surface area (Å²) in [6.07, 6.45) is 2.22. The van der Waals surface area contributed by atoms with E-state index in [1.165, 1.54) is 0 Å². The van der Waals surface area contributed by atoms with Crippen molar-refractivity contribution >= 4 is 11.6 Å². The summed E-state index contributed by atoms with van der Waals surface area (Å²) in [6.45, 7) is 6.23. The highest BCUT2D eigenvalue weighted by Gasteiger charge is 2.10. The molecule has 19 heavy (non-hydrogen) atoms. The Morgan fingerprint density at radius 2 is 2.00 bits per heavy atom. The second-order valence-electron chi connectivity index (χ2n) is 5.41. The van der Waals surface area contributed by atoms with Gasteiger partial charge in [0.25, 0.3) is 0 Å². The molecule has 0 bridgehead atoms. The smallest absolute Gasteiger partial charge is 0.231 e. The molecule has 0 radical (unpaired) electrons. The topological polar surface area (TPSA) is 72.3 Å². The number of carbonyl (C=O) groups is 1. The molecule has 0 fully saturated rings. The first-order valence-corrected chi connectivity index (χ1v) is 6.83. The van der Waals surface area contributed by atoms with Crippen LogP contribution >= 0.6 is 0 Å². The van der Waals surface area contributed by atoms with Gasteiger partial charge in [-0.25, -0.2) is 0 Å². The fraction of sp³-hybridized carbons (Fsp3) is 0.533. The van der Waals surface area contributed by atoms with Crippen LogP contribution in [0.5, 0.6) is 0 Å². The lowest BCUT2D eigenvalue weighted by Gasteiger charge is -2.22. The summed E-state index contributed by atoms with van der Waals surface area (Å²) >= 11 is 0. The van der Waals surface area contributed by atoms with E-state index < -0.39 is 0 Å². The Morgan fingerprint density at radius 1 is 1.32 bits per heavy atom. The number of nitrogens with zero attached hydrogens (tertiary/aromatic N) is 1. The van der Waals surface area contributed by atoms with Crippen LogP contribution in [0.25, 0.3) is 0 Å². The van der Waals surface area contributed by atoms with Crippen LogP contribution in [0, 0.1) is 5.92 Å². The van der Waals surface area contributed by atoms with E-state index in [0.29, 0.717) is 12.5 Å². The molecule has 0 unspecified atom stereocenters. The molecule has 106 valence electrons. The fourth-order valence-electron chi connectivity index (χ4n) is 2.08. The number of para-hydroxylation sites is 1. The number of anilines is 1. The molecule has 0 aliphatic heterocycles. The number of nitrogen functional groups attached to an aromatic ring is 1. The third-order valence-corrected chi connectivity index (χ3v) is 3.08. The molecule has 0 saturated carbocycles. The van der Waals surface area contributed by atoms with E-state index in [4.69, 9.17) is 11.5 Å². The zero-order valence-corrected chi connectivity index (χ0v) is 11.9. The van der Waals surface area contributed by atoms with Crippen LogP contribution in [0.3, 0.4) is 0 Å². The highest BCUT2D eigenvalue weighted by atomic mass is 16.1. The van der Waals surface area contributed by atoms with Gasteiger partial charge in [-0.2, -0.15) is 0 Å². The van der Waals surface area contributed by atoms with Gasteiger partial charge in [-0.15, -0.1) is 0 Å². The third kappa shape index (κ3) is 6.25. The van der Waals surface area contributed by atoms with E-state index in [1.807, 2.05) is 24.3 Å². The lowest BCUT2D eigenvalue weighted by molar-refractivity contribution is -0.119. The molecule has 1 aromatic carbocycles. The maximum Gasteiger partial charge on any atom is 0.231 e. The van der Waals surface area contributed by atoms with Crippen LogP contribution < -0.4 is 11.5 Å². The fourth-order valence-corrected chi connectivity index (χ4v) is 2.08. The van der Waals surface area contributed by atoms with Gasteiger partial charge in [0, 0.05) is 12.2 Å². The molecule has 1 rings (SSSR count). The van der Waals surface area contributed by atoms with Gasteiger partial charge in [0.2, 0.25) is 5.91 Å². The average Bonchev–Trinajstić information content (AvgIpc) is 2.30. The van der Waals surface area contributed by atoms with Crippen molar-refractivity contribution in [2.75, 3.05) is 18.8 Å². The van der Waals surface area contributed by atoms with Crippen molar-refractivity contribution in [3.63, 3.8) is 0 Å². The molecule has 1 aromatic rings. The van der Waals surface area contributed by atoms with E-state index in [1.54, 1.807) is 0 Å². The minimum absolute atomic E-state index is 0.284. The van der Waals surface area contributed by atoms with Crippen molar-refractivity contribution in [1.29, 1.82) is 0 Å². The van der Waals surface area contributed by atoms with Crippen LogP contribution in [0.4, 0.5) is 5.69 Å². The van der Waals surface area contributed by atoms with Gasteiger partial charge in [-0.3, -0.25) is 9.69 Å². The molecule has 0 aliphatic carbocycles. The molecule has 0 aromatic heterocycles. The maximum atomic E-state index is 11.1. The summed E-state index contributed by atoms with van der Waals surface area (Å²) in [5, 5.41) is 0. The van der Waals surface area contributed by atoms with Crippen molar-refractivity contribution in [3.8, 4) is 0 Å². The Morgan fingerprint density at radius 3 is 2.58 bits per heavy atom. The Bertz CT molecular complexity index is 404. The van der Waals surface area contributed by atoms with Crippen molar-refractivity contribution in [2.24, 2.45) is 11.7 Å². The first kappa shape index (κ1) is 15.5. The van der Waals surface area contributed by atoms with E-state index in [-0.39, 0.29) is 12.5 Å². The van der Waals surface area contributed by atoms with Gasteiger partial charge in [0.15, 0.2) is 0 Å². The lowest BCUT2D eigenvalue weighted by atomic mass is 10.1. The Hall–Kier alpha value is -1.55. The highest BCUT2D eigenvalue weighted by molar-refractivity contribution is 5.75. The number of hydrogen-bond acceptors (Lipinski definition) is 3. The SMILES string of the molecule is CC(C)CCCN(CC(N)=O)Cc1ccccc1N. The Labute approximate surface area is 115 Å². The van der Waals surface area contributed by atoms with Crippen LogP contribution in [-0.2, 0) is 11.3 Å². The summed E-state index contributed by atoms with van der Waals surface area (Å²) in [4.78, 5) is 13.2. The minimum Gasteiger partial charge on any atom is -0.398 e. The van der Waals surface area contributed by atoms with Gasteiger partial charge >= 0.3 is 0 Å². The minimum atomic E-state index is -0.293. The summed E-state index contributed by atoms with van der Waals surface area (Å²) in [5.74, 6) is 0.385. The average molecular weight is 263 g/mol. The zero-order chi connectivity index (χ0) is 14.3. The monoisotopic (exact) mass is 263 g/mol. The molecule has 4 nitrogen and oxygen atoms in total. The molecule has 4 N–H and O–H groups in total. The number of hydrogen-bond donors (Lipinski definition) is 2. The molecule has 0 saturated heterocycles. The maximum absolute atomic E-state index is 11.1. The van der Waals surface area contributed by atoms with Gasteiger partial charge in [-0.05, 0) is 36.9 Å². The molecule has 0 spiro atoms. The van der Waals surface area contributed by atoms with E-state index in [2.05, 4.69) is 18.7 Å². The zero-order valence-electron chi connectivity index (χ0n) is 11.9. The van der Waals surface area contributed by atoms with Crippen molar-refractivity contribution in [3.05, 3.63) is 29.8 Å². The van der Waals surface area contributed by atoms with E-state index in [9.17, 15) is 4.79 Å². The second kappa shape index (κ2) is 7.79. The molecular weight excluding hydrogens is 238 g/mol. The number of nitrogens with two attached hydrogens (primary N) is 2. The molecule has 4 heteroatoms. The number of benzene rings is 1. The molecule has 0 aliphatic rings. The molecule has 0 atom stereocenters. The highest BCUT2D eigenvalue weighted by Crippen LogP contribution is 2.14. The van der Waals surface area contributed by atoms with Gasteiger partial charge in [-0.1, -0.05) is 32.0 Å². The van der Waals surface area contributed by atoms with E-state index >= 15 is 0 Å². The Balaban J connectivity index is 2.58. The third-order valence-electron chi connectivity index (χ3n) is 3.08. The number of rotatable bonds is 8. The molecular formula is C15H25N3O. The summed E-state index contributed by atoms with van der Waals surface area (Å²) < 4.78 is 0. The normalized spacial score (nSPS) is 11.2. The Kier molecular flexibility index (Phi) is 6.36. The summed E-state index contributed by atoms with van der Waals surface area (Å²) in [7, 11) is 0. The first-order chi connectivity index (χ1) is 8.99. The van der Waals surface area contributed by atoms with Gasteiger partial charge in [0.05, 0.1) is 6.54 Å². The van der Waals surface area contributed by atoms with Crippen molar-refractivity contribution in [2.45, 2.75) is 33.2 Å². The van der Waals surface area contributed by atoms with E-state index in [0.717, 1.165) is 30.6 Å². The van der Waals surface area contributed by atoms with Gasteiger partial charge < -0.3 is 11.5 Å². The first-order valence-electron chi connectivity index (χ1n) is 6.83. The summed E-state index contributed by atoms with van der Waals surface area (Å²) in [5.41, 5.74) is 13.1. The predicted molar refractivity (Wildman–Crippen MR) is 79.4 cm³/mol. The second-order valence-corrected chi connectivity index (χ2v) is 5.41. The van der Waals surface area contributed by atoms with Gasteiger partial charge in [0.1, 0.15) is 0 Å². The largest absolute Gasteiger partial charge is 0.398 e. The van der Waals surface area contributed by atoms with Crippen LogP contribution in [-0.4, -0.2) is 23.9 Å². The number of primary amides is 1. The number of amides is 1. The number of carbonyl (C=O) groups excluding carboxylic acids is 1. The lowest BCUT2D eigenvalue weighted by Crippen LogP contribution is -2.34. The summed E-state index contributed by atoms with van der Waals surface area (Å²) in [6, 6.07) is 7.75. The van der Waals surface area contributed by atoms with Crippen LogP contribution in [0.2, 0.25) is 0 Å². The van der Waals surface area contributed by atoms with Crippen molar-refractivity contribution in [1.82, 2.24) is 4.90 Å². The van der Waals surface area contributed by atoms with Crippen LogP contribution in [0.15, 0.2) is 24.3 Å². The standard InChI is InChI=1S/C15H25N3O/c1-12(2)6-5-9-18(11-15(17)19)10-13-7-3-4-8-14(13)16/h3-4,7-8,12H,5-6,9-11,16H2,1-2H3,(H2,17,19). The quantitative estimate of drug-likeness (QED) is 0.705.